The van der Waals surface area contributed by atoms with Gasteiger partial charge in [0.05, 0.1) is 18.8 Å². The molecule has 2 heterocycles. The van der Waals surface area contributed by atoms with Gasteiger partial charge < -0.3 is 19.5 Å². The van der Waals surface area contributed by atoms with Gasteiger partial charge in [-0.05, 0) is 57.8 Å². The van der Waals surface area contributed by atoms with E-state index in [2.05, 4.69) is 15.5 Å². The Morgan fingerprint density at radius 1 is 1.08 bits per heavy atom. The van der Waals surface area contributed by atoms with Gasteiger partial charge in [0.25, 0.3) is 0 Å². The predicted molar refractivity (Wildman–Crippen MR) is 135 cm³/mol. The number of carbonyl (C=O) groups is 1. The highest BCUT2D eigenvalue weighted by atomic mass is 32.2. The maximum atomic E-state index is 12.1. The van der Waals surface area contributed by atoms with Crippen LogP contribution in [-0.2, 0) is 13.0 Å². The van der Waals surface area contributed by atoms with E-state index >= 15 is 0 Å². The van der Waals surface area contributed by atoms with Crippen LogP contribution in [0.25, 0.3) is 5.69 Å². The summed E-state index contributed by atoms with van der Waals surface area (Å²) in [6, 6.07) is 23.0. The summed E-state index contributed by atoms with van der Waals surface area (Å²) in [6.45, 7) is 0.806. The Morgan fingerprint density at radius 3 is 2.56 bits per heavy atom. The van der Waals surface area contributed by atoms with Crippen LogP contribution in [0.3, 0.4) is 0 Å². The lowest BCUT2D eigenvalue weighted by Gasteiger charge is -2.35. The first kappa shape index (κ1) is 23.7. The van der Waals surface area contributed by atoms with Gasteiger partial charge in [0.1, 0.15) is 6.61 Å². The minimum Gasteiger partial charge on any atom is -0.493 e. The molecule has 3 aromatic carbocycles. The Kier molecular flexibility index (Phi) is 7.03. The van der Waals surface area contributed by atoms with Crippen molar-refractivity contribution in [1.82, 2.24) is 25.1 Å². The van der Waals surface area contributed by atoms with E-state index in [9.17, 15) is 9.90 Å². The molecule has 0 radical (unpaired) electrons. The molecule has 9 nitrogen and oxygen atoms in total. The van der Waals surface area contributed by atoms with E-state index in [-0.39, 0.29) is 0 Å². The number of ether oxygens (including phenoxy) is 2. The maximum absolute atomic E-state index is 12.1. The molecule has 4 aromatic rings. The molecule has 10 heteroatoms. The first-order valence-electron chi connectivity index (χ1n) is 11.5. The number of carboxylic acid groups (broad SMARTS) is 1. The zero-order valence-corrected chi connectivity index (χ0v) is 20.5. The van der Waals surface area contributed by atoms with Gasteiger partial charge in [-0.3, -0.25) is 0 Å². The monoisotopic (exact) mass is 503 g/mol. The van der Waals surface area contributed by atoms with Gasteiger partial charge in [-0.2, -0.15) is 4.68 Å². The topological polar surface area (TPSA) is 103 Å². The summed E-state index contributed by atoms with van der Waals surface area (Å²) in [5.41, 5.74) is 3.84. The summed E-state index contributed by atoms with van der Waals surface area (Å²) in [6.07, 6.45) is -0.367. The number of benzene rings is 3. The number of rotatable bonds is 8. The fourth-order valence-corrected chi connectivity index (χ4v) is 5.30. The predicted octanol–water partition coefficient (Wildman–Crippen LogP) is 4.62. The van der Waals surface area contributed by atoms with Crippen molar-refractivity contribution < 1.29 is 19.4 Å². The number of hydrogen-bond donors (Lipinski definition) is 1. The summed E-state index contributed by atoms with van der Waals surface area (Å²) in [7, 11) is 1.59. The van der Waals surface area contributed by atoms with Crippen molar-refractivity contribution in [2.24, 2.45) is 0 Å². The van der Waals surface area contributed by atoms with E-state index in [4.69, 9.17) is 9.47 Å². The summed E-state index contributed by atoms with van der Waals surface area (Å²) in [4.78, 5) is 13.6. The van der Waals surface area contributed by atoms with Crippen molar-refractivity contribution in [2.45, 2.75) is 24.2 Å². The van der Waals surface area contributed by atoms with E-state index in [0.29, 0.717) is 42.0 Å². The molecule has 1 aliphatic heterocycles. The van der Waals surface area contributed by atoms with Crippen molar-refractivity contribution in [2.75, 3.05) is 19.4 Å². The molecule has 0 bridgehead atoms. The minimum absolute atomic E-state index is 0.391. The SMILES string of the molecule is COc1cc2c(cc1OCc1ccccc1)CCN(C(=O)O)C2CSc1nnnn1-c1ccccc1. The maximum Gasteiger partial charge on any atom is 0.407 e. The second-order valence-electron chi connectivity index (χ2n) is 8.24. The highest BCUT2D eigenvalue weighted by Crippen LogP contribution is 2.40. The summed E-state index contributed by atoms with van der Waals surface area (Å²) in [5, 5.41) is 22.6. The van der Waals surface area contributed by atoms with E-state index in [1.54, 1.807) is 11.8 Å². The number of tetrazole rings is 1. The van der Waals surface area contributed by atoms with E-state index < -0.39 is 12.1 Å². The van der Waals surface area contributed by atoms with Crippen molar-refractivity contribution in [3.8, 4) is 17.2 Å². The number of aromatic nitrogens is 4. The van der Waals surface area contributed by atoms with Crippen LogP contribution in [-0.4, -0.2) is 55.7 Å². The quantitative estimate of drug-likeness (QED) is 0.348. The van der Waals surface area contributed by atoms with E-state index in [1.165, 1.54) is 16.7 Å². The molecule has 0 fully saturated rings. The van der Waals surface area contributed by atoms with Crippen LogP contribution in [0.5, 0.6) is 11.5 Å². The van der Waals surface area contributed by atoms with Gasteiger partial charge in [-0.15, -0.1) is 5.10 Å². The van der Waals surface area contributed by atoms with Gasteiger partial charge in [0, 0.05) is 12.3 Å². The van der Waals surface area contributed by atoms with Crippen LogP contribution >= 0.6 is 11.8 Å². The third-order valence-corrected chi connectivity index (χ3v) is 7.07. The van der Waals surface area contributed by atoms with Crippen LogP contribution in [0.1, 0.15) is 22.7 Å². The number of hydrogen-bond acceptors (Lipinski definition) is 7. The zero-order valence-electron chi connectivity index (χ0n) is 19.7. The average molecular weight is 504 g/mol. The zero-order chi connectivity index (χ0) is 24.9. The Balaban J connectivity index is 1.41. The molecule has 0 saturated carbocycles. The van der Waals surface area contributed by atoms with Crippen LogP contribution in [0, 0.1) is 0 Å². The number of nitrogens with zero attached hydrogens (tertiary/aromatic N) is 5. The molecule has 1 aliphatic rings. The molecule has 0 aliphatic carbocycles. The summed E-state index contributed by atoms with van der Waals surface area (Å²) < 4.78 is 13.4. The lowest BCUT2D eigenvalue weighted by atomic mass is 9.93. The van der Waals surface area contributed by atoms with Gasteiger partial charge in [0.15, 0.2) is 11.5 Å². The smallest absolute Gasteiger partial charge is 0.407 e. The molecule has 184 valence electrons. The summed E-state index contributed by atoms with van der Waals surface area (Å²) in [5.74, 6) is 1.66. The molecule has 0 spiro atoms. The molecular weight excluding hydrogens is 478 g/mol. The fourth-order valence-electron chi connectivity index (χ4n) is 4.28. The minimum atomic E-state index is -0.961. The van der Waals surface area contributed by atoms with Gasteiger partial charge >= 0.3 is 6.09 Å². The van der Waals surface area contributed by atoms with Crippen LogP contribution in [0.4, 0.5) is 4.79 Å². The van der Waals surface area contributed by atoms with Gasteiger partial charge in [-0.1, -0.05) is 60.3 Å². The Morgan fingerprint density at radius 2 is 1.83 bits per heavy atom. The largest absolute Gasteiger partial charge is 0.493 e. The molecule has 0 saturated heterocycles. The van der Waals surface area contributed by atoms with E-state index in [0.717, 1.165) is 22.4 Å². The number of amides is 1. The Bertz CT molecular complexity index is 1330. The second kappa shape index (κ2) is 10.7. The molecule has 1 unspecified atom stereocenters. The molecule has 1 amide bonds. The number of para-hydroxylation sites is 1. The van der Waals surface area contributed by atoms with E-state index in [1.807, 2.05) is 72.8 Å². The molecule has 36 heavy (non-hydrogen) atoms. The molecule has 1 N–H and O–H groups in total. The second-order valence-corrected chi connectivity index (χ2v) is 9.22. The third-order valence-electron chi connectivity index (χ3n) is 6.08. The Hall–Kier alpha value is -4.05. The molecular formula is C26H25N5O4S. The lowest BCUT2D eigenvalue weighted by Crippen LogP contribution is -2.40. The van der Waals surface area contributed by atoms with Crippen molar-refractivity contribution in [3.05, 3.63) is 89.5 Å². The molecule has 5 rings (SSSR count). The van der Waals surface area contributed by atoms with Crippen molar-refractivity contribution in [1.29, 1.82) is 0 Å². The first-order chi connectivity index (χ1) is 17.6. The van der Waals surface area contributed by atoms with Crippen LogP contribution < -0.4 is 9.47 Å². The molecule has 1 atom stereocenters. The standard InChI is InChI=1S/C26H25N5O4S/c1-34-23-15-21-19(14-24(23)35-16-18-8-4-2-5-9-18)12-13-30(26(32)33)22(21)17-36-25-27-28-29-31(25)20-10-6-3-7-11-20/h2-11,14-15,22H,12-13,16-17H2,1H3,(H,32,33). The van der Waals surface area contributed by atoms with Crippen molar-refractivity contribution >= 4 is 17.9 Å². The lowest BCUT2D eigenvalue weighted by molar-refractivity contribution is 0.125. The first-order valence-corrected chi connectivity index (χ1v) is 12.5. The van der Waals surface area contributed by atoms with Crippen molar-refractivity contribution in [3.63, 3.8) is 0 Å². The average Bonchev–Trinajstić information content (AvgIpc) is 3.39. The summed E-state index contributed by atoms with van der Waals surface area (Å²) >= 11 is 1.41. The van der Waals surface area contributed by atoms with Gasteiger partial charge in [-0.25, -0.2) is 4.79 Å². The normalized spacial score (nSPS) is 14.8. The van der Waals surface area contributed by atoms with Crippen LogP contribution in [0.15, 0.2) is 78.0 Å². The number of fused-ring (bicyclic) bond motifs is 1. The fraction of sp³-hybridized carbons (Fsp3) is 0.231. The molecule has 1 aromatic heterocycles. The van der Waals surface area contributed by atoms with Crippen LogP contribution in [0.2, 0.25) is 0 Å². The number of thioether (sulfide) groups is 1. The Labute approximate surface area is 212 Å². The third kappa shape index (κ3) is 4.99. The number of methoxy groups -OCH3 is 1. The highest BCUT2D eigenvalue weighted by molar-refractivity contribution is 7.99. The van der Waals surface area contributed by atoms with Gasteiger partial charge in [0.2, 0.25) is 5.16 Å². The highest BCUT2D eigenvalue weighted by Gasteiger charge is 2.33.